The molecule has 0 radical (unpaired) electrons. The van der Waals surface area contributed by atoms with Crippen molar-refractivity contribution >= 4 is 29.1 Å². The molecule has 1 atom stereocenters. The Bertz CT molecular complexity index is 471. The standard InChI is InChI=1S/C12H11P.2N3.H3P/c1-3-7-11(8-4-1)13-12-9-5-2-6-10-12;2*1-3-2;/h1-10,13H;;;1H3/q;2*-1;/p+2. The topological polar surface area (TPSA) is 117 Å². The van der Waals surface area contributed by atoms with E-state index in [1.54, 1.807) is 0 Å². The number of rotatable bonds is 2. The number of hydrogen-bond acceptors (Lipinski definition) is 0. The first-order chi connectivity index (χ1) is 9.28. The third-order valence-electron chi connectivity index (χ3n) is 1.93. The van der Waals surface area contributed by atoms with E-state index < -0.39 is 0 Å². The van der Waals surface area contributed by atoms with Gasteiger partial charge in [-0.1, -0.05) is 36.4 Å². The lowest BCUT2D eigenvalue weighted by atomic mass is 10.4. The van der Waals surface area contributed by atoms with Gasteiger partial charge in [0.1, 0.15) is 0 Å². The maximum absolute atomic E-state index is 6.75. The molecular formula is C12H16N6P2. The summed E-state index contributed by atoms with van der Waals surface area (Å²) in [6.07, 6.45) is 0. The van der Waals surface area contributed by atoms with Gasteiger partial charge in [-0.15, -0.1) is 0 Å². The first-order valence-corrected chi connectivity index (χ1v) is 6.35. The van der Waals surface area contributed by atoms with Crippen LogP contribution >= 0.6 is 18.5 Å². The molecule has 0 aliphatic heterocycles. The summed E-state index contributed by atoms with van der Waals surface area (Å²) in [5, 5.41) is 2.90. The second kappa shape index (κ2) is 15.0. The van der Waals surface area contributed by atoms with E-state index in [-0.39, 0.29) is 18.5 Å². The third-order valence-corrected chi connectivity index (χ3v) is 3.37. The molecule has 0 aliphatic rings. The van der Waals surface area contributed by atoms with Crippen LogP contribution in [0.15, 0.2) is 60.7 Å². The predicted molar refractivity (Wildman–Crippen MR) is 94.5 cm³/mol. The molecule has 2 aromatic rings. The van der Waals surface area contributed by atoms with Crippen molar-refractivity contribution in [1.82, 2.24) is 0 Å². The van der Waals surface area contributed by atoms with Crippen LogP contribution in [-0.4, -0.2) is 0 Å². The Hall–Kier alpha value is -2.08. The summed E-state index contributed by atoms with van der Waals surface area (Å²) in [4.78, 5) is 3.00. The minimum Gasteiger partial charge on any atom is -0.373 e. The van der Waals surface area contributed by atoms with Crippen LogP contribution in [0, 0.1) is 0 Å². The smallest absolute Gasteiger partial charge is 0.0942 e. The molecule has 2 rings (SSSR count). The van der Waals surface area contributed by atoms with E-state index in [4.69, 9.17) is 22.1 Å². The fourth-order valence-corrected chi connectivity index (χ4v) is 2.51. The van der Waals surface area contributed by atoms with Crippen molar-refractivity contribution in [3.05, 3.63) is 92.6 Å². The molecule has 0 amide bonds. The molecule has 0 saturated heterocycles. The molecule has 0 aromatic heterocycles. The molecular weight excluding hydrogens is 290 g/mol. The summed E-state index contributed by atoms with van der Waals surface area (Å²) in [5.74, 6) is 0. The van der Waals surface area contributed by atoms with Crippen molar-refractivity contribution < 1.29 is 0 Å². The highest BCUT2D eigenvalue weighted by Gasteiger charge is 2.00. The number of benzene rings is 2. The van der Waals surface area contributed by atoms with Crippen molar-refractivity contribution in [2.24, 2.45) is 0 Å². The van der Waals surface area contributed by atoms with E-state index in [0.717, 1.165) is 0 Å². The van der Waals surface area contributed by atoms with Crippen LogP contribution in [0.4, 0.5) is 0 Å². The van der Waals surface area contributed by atoms with E-state index in [1.807, 2.05) is 0 Å². The van der Waals surface area contributed by atoms with E-state index >= 15 is 0 Å². The number of nitrogens with zero attached hydrogens (tertiary/aromatic N) is 6. The van der Waals surface area contributed by atoms with Gasteiger partial charge >= 0.3 is 0 Å². The van der Waals surface area contributed by atoms with Gasteiger partial charge in [-0.25, -0.2) is 0 Å². The largest absolute Gasteiger partial charge is 0.373 e. The Kier molecular flexibility index (Phi) is 15.2. The molecule has 1 unspecified atom stereocenters. The maximum Gasteiger partial charge on any atom is 0.0942 e. The quantitative estimate of drug-likeness (QED) is 0.349. The molecule has 0 spiro atoms. The Morgan fingerprint density at radius 3 is 1.10 bits per heavy atom. The summed E-state index contributed by atoms with van der Waals surface area (Å²) >= 11 is 0. The minimum absolute atomic E-state index is 0. The Balaban J connectivity index is 0. The highest BCUT2D eigenvalue weighted by Crippen LogP contribution is 2.08. The number of hydrogen-bond donors (Lipinski definition) is 0. The lowest BCUT2D eigenvalue weighted by Gasteiger charge is -1.92. The second-order valence-corrected chi connectivity index (χ2v) is 4.77. The van der Waals surface area contributed by atoms with Crippen LogP contribution in [0.2, 0.25) is 0 Å². The molecule has 104 valence electrons. The Morgan fingerprint density at radius 2 is 0.850 bits per heavy atom. The van der Waals surface area contributed by atoms with Gasteiger partial charge in [-0.3, -0.25) is 9.82 Å². The fraction of sp³-hybridized carbons (Fsp3) is 0. The van der Waals surface area contributed by atoms with Crippen LogP contribution in [0.25, 0.3) is 31.9 Å². The molecule has 20 heavy (non-hydrogen) atoms. The summed E-state index contributed by atoms with van der Waals surface area (Å²) in [6, 6.07) is 21.3. The van der Waals surface area contributed by atoms with Gasteiger partial charge in [0.15, 0.2) is 0 Å². The van der Waals surface area contributed by atoms with Crippen LogP contribution in [0.3, 0.4) is 0 Å². The summed E-state index contributed by atoms with van der Waals surface area (Å²) in [6.45, 7) is 0. The molecule has 0 saturated carbocycles. The summed E-state index contributed by atoms with van der Waals surface area (Å²) < 4.78 is 0. The monoisotopic (exact) mass is 306 g/mol. The van der Waals surface area contributed by atoms with Crippen molar-refractivity contribution in [1.29, 1.82) is 0 Å². The molecule has 0 bridgehead atoms. The van der Waals surface area contributed by atoms with Crippen LogP contribution in [0.1, 0.15) is 0 Å². The molecule has 0 N–H and O–H groups in total. The van der Waals surface area contributed by atoms with Gasteiger partial charge in [-0.2, -0.15) is 0 Å². The van der Waals surface area contributed by atoms with E-state index in [9.17, 15) is 0 Å². The van der Waals surface area contributed by atoms with E-state index in [2.05, 4.69) is 60.7 Å². The molecule has 2 aromatic carbocycles. The normalized spacial score (nSPS) is 7.20. The average Bonchev–Trinajstić information content (AvgIpc) is 2.43. The van der Waals surface area contributed by atoms with Gasteiger partial charge in [0.2, 0.25) is 0 Å². The van der Waals surface area contributed by atoms with Crippen molar-refractivity contribution in [3.63, 3.8) is 0 Å². The zero-order valence-corrected chi connectivity index (χ0v) is 14.2. The van der Waals surface area contributed by atoms with Gasteiger partial charge in [0, 0.05) is 0 Å². The average molecular weight is 306 g/mol. The Morgan fingerprint density at radius 1 is 0.600 bits per heavy atom. The highest BCUT2D eigenvalue weighted by atomic mass is 31.1. The first kappa shape index (κ1) is 20.2. The highest BCUT2D eigenvalue weighted by molar-refractivity contribution is 7.55. The van der Waals surface area contributed by atoms with Gasteiger partial charge < -0.3 is 22.1 Å². The maximum atomic E-state index is 6.75. The summed E-state index contributed by atoms with van der Waals surface area (Å²) in [5.41, 5.74) is 27.0. The SMILES string of the molecule is [N-]=[N+]=[N-].[N-]=[N+]=[N-].[PH4+].c1ccc([PH2+]c2ccccc2)cc1. The Labute approximate surface area is 122 Å². The third kappa shape index (κ3) is 11.0. The van der Waals surface area contributed by atoms with Crippen LogP contribution in [-0.2, 0) is 0 Å². The van der Waals surface area contributed by atoms with Gasteiger partial charge in [-0.05, 0) is 34.2 Å². The van der Waals surface area contributed by atoms with Crippen molar-refractivity contribution in [2.75, 3.05) is 0 Å². The molecule has 6 nitrogen and oxygen atoms in total. The lowest BCUT2D eigenvalue weighted by Crippen LogP contribution is -2.01. The first-order valence-electron chi connectivity index (χ1n) is 5.20. The van der Waals surface area contributed by atoms with E-state index in [1.165, 1.54) is 20.4 Å². The summed E-state index contributed by atoms with van der Waals surface area (Å²) in [7, 11) is 0.271. The van der Waals surface area contributed by atoms with Crippen molar-refractivity contribution in [2.45, 2.75) is 0 Å². The molecule has 0 fully saturated rings. The lowest BCUT2D eigenvalue weighted by molar-refractivity contribution is 1.76. The molecule has 0 aliphatic carbocycles. The van der Waals surface area contributed by atoms with Gasteiger partial charge in [0.25, 0.3) is 0 Å². The second-order valence-electron chi connectivity index (χ2n) is 3.14. The zero-order chi connectivity index (χ0) is 14.3. The van der Waals surface area contributed by atoms with Crippen LogP contribution in [0.5, 0.6) is 0 Å². The van der Waals surface area contributed by atoms with Crippen molar-refractivity contribution in [3.8, 4) is 0 Å². The predicted octanol–water partition coefficient (Wildman–Crippen LogP) is 3.57. The minimum atomic E-state index is 0. The zero-order valence-electron chi connectivity index (χ0n) is 11.0. The fourth-order valence-electron chi connectivity index (χ4n) is 1.29. The van der Waals surface area contributed by atoms with E-state index in [0.29, 0.717) is 0 Å². The van der Waals surface area contributed by atoms with Gasteiger partial charge in [0.05, 0.1) is 19.2 Å². The molecule has 0 heterocycles. The van der Waals surface area contributed by atoms with Crippen LogP contribution < -0.4 is 10.6 Å². The molecule has 8 heteroatoms.